The van der Waals surface area contributed by atoms with Gasteiger partial charge in [-0.05, 0) is 39.5 Å². The topological polar surface area (TPSA) is 57.6 Å². The number of hydrogen-bond donors (Lipinski definition) is 1. The monoisotopic (exact) mass is 297 g/mol. The van der Waals surface area contributed by atoms with E-state index >= 15 is 0 Å². The quantitative estimate of drug-likeness (QED) is 0.439. The molecule has 0 fully saturated rings. The number of unbranched alkanes of at least 4 members (excludes halogenated alkanes) is 3. The van der Waals surface area contributed by atoms with Crippen molar-refractivity contribution in [1.29, 1.82) is 0 Å². The van der Waals surface area contributed by atoms with E-state index in [-0.39, 0.29) is 12.3 Å². The molecule has 1 N–H and O–H groups in total. The van der Waals surface area contributed by atoms with Crippen molar-refractivity contribution in [2.24, 2.45) is 5.92 Å². The van der Waals surface area contributed by atoms with Crippen LogP contribution in [-0.4, -0.2) is 35.0 Å². The molecule has 0 aromatic carbocycles. The molecule has 0 aliphatic rings. The summed E-state index contributed by atoms with van der Waals surface area (Å²) in [6, 6.07) is 0. The average Bonchev–Trinajstić information content (AvgIpc) is 2.46. The number of hydrogen-bond acceptors (Lipinski definition) is 2. The van der Waals surface area contributed by atoms with Crippen LogP contribution in [0.1, 0.15) is 65.7 Å². The Labute approximate surface area is 129 Å². The second-order valence-electron chi connectivity index (χ2n) is 5.35. The summed E-state index contributed by atoms with van der Waals surface area (Å²) in [5, 5.41) is 9.24. The lowest BCUT2D eigenvalue weighted by atomic mass is 9.97. The third-order valence-corrected chi connectivity index (χ3v) is 3.68. The molecular weight excluding hydrogens is 266 g/mol. The third-order valence-electron chi connectivity index (χ3n) is 3.68. The smallest absolute Gasteiger partial charge is 0.307 e. The van der Waals surface area contributed by atoms with Gasteiger partial charge in [0.1, 0.15) is 0 Å². The molecule has 0 heterocycles. The first-order valence-corrected chi connectivity index (χ1v) is 8.22. The SMILES string of the molecule is CCC/C=C/CCCCC(CC(=O)N(CC)CC)C(=O)O. The Morgan fingerprint density at radius 3 is 2.19 bits per heavy atom. The molecule has 0 saturated carbocycles. The van der Waals surface area contributed by atoms with Crippen molar-refractivity contribution in [2.75, 3.05) is 13.1 Å². The van der Waals surface area contributed by atoms with Gasteiger partial charge in [-0.3, -0.25) is 9.59 Å². The zero-order valence-electron chi connectivity index (χ0n) is 13.8. The number of carboxylic acid groups (broad SMARTS) is 1. The standard InChI is InChI=1S/C17H31NO3/c1-4-7-8-9-10-11-12-13-15(17(20)21)14-16(19)18(5-2)6-3/h8-9,15H,4-7,10-14H2,1-3H3,(H,20,21)/b9-8+. The molecule has 122 valence electrons. The number of carbonyl (C=O) groups excluding carboxylic acids is 1. The fourth-order valence-electron chi connectivity index (χ4n) is 2.28. The van der Waals surface area contributed by atoms with Crippen LogP contribution >= 0.6 is 0 Å². The Kier molecular flexibility index (Phi) is 11.6. The lowest BCUT2D eigenvalue weighted by Gasteiger charge is -2.21. The molecule has 4 heteroatoms. The summed E-state index contributed by atoms with van der Waals surface area (Å²) < 4.78 is 0. The van der Waals surface area contributed by atoms with Crippen molar-refractivity contribution < 1.29 is 14.7 Å². The largest absolute Gasteiger partial charge is 0.481 e. The highest BCUT2D eigenvalue weighted by Crippen LogP contribution is 2.16. The molecule has 0 aromatic heterocycles. The molecule has 21 heavy (non-hydrogen) atoms. The predicted octanol–water partition coefficient (Wildman–Crippen LogP) is 3.86. The van der Waals surface area contributed by atoms with E-state index in [9.17, 15) is 14.7 Å². The van der Waals surface area contributed by atoms with Gasteiger partial charge in [-0.15, -0.1) is 0 Å². The van der Waals surface area contributed by atoms with Gasteiger partial charge in [0.25, 0.3) is 0 Å². The summed E-state index contributed by atoms with van der Waals surface area (Å²) in [5.41, 5.74) is 0. The van der Waals surface area contributed by atoms with Crippen molar-refractivity contribution in [3.63, 3.8) is 0 Å². The summed E-state index contributed by atoms with van der Waals surface area (Å²) in [7, 11) is 0. The van der Waals surface area contributed by atoms with Crippen molar-refractivity contribution in [3.8, 4) is 0 Å². The first-order valence-electron chi connectivity index (χ1n) is 8.22. The Balaban J connectivity index is 4.08. The van der Waals surface area contributed by atoms with Crippen LogP contribution in [-0.2, 0) is 9.59 Å². The van der Waals surface area contributed by atoms with Crippen LogP contribution in [0.15, 0.2) is 12.2 Å². The van der Waals surface area contributed by atoms with Gasteiger partial charge in [0, 0.05) is 19.5 Å². The molecule has 0 rings (SSSR count). The van der Waals surface area contributed by atoms with E-state index in [0.29, 0.717) is 19.5 Å². The molecule has 1 unspecified atom stereocenters. The minimum atomic E-state index is -0.850. The van der Waals surface area contributed by atoms with Crippen molar-refractivity contribution in [3.05, 3.63) is 12.2 Å². The molecule has 0 bridgehead atoms. The Hall–Kier alpha value is -1.32. The van der Waals surface area contributed by atoms with Gasteiger partial charge in [0.05, 0.1) is 5.92 Å². The predicted molar refractivity (Wildman–Crippen MR) is 86.2 cm³/mol. The van der Waals surface area contributed by atoms with Gasteiger partial charge in [-0.2, -0.15) is 0 Å². The van der Waals surface area contributed by atoms with E-state index in [2.05, 4.69) is 19.1 Å². The summed E-state index contributed by atoms with van der Waals surface area (Å²) in [6.45, 7) is 7.27. The maximum absolute atomic E-state index is 12.0. The number of nitrogens with zero attached hydrogens (tertiary/aromatic N) is 1. The van der Waals surface area contributed by atoms with Crippen LogP contribution in [0.5, 0.6) is 0 Å². The number of aliphatic carboxylic acids is 1. The molecule has 0 aromatic rings. The van der Waals surface area contributed by atoms with Crippen LogP contribution in [0.2, 0.25) is 0 Å². The number of carbonyl (C=O) groups is 2. The maximum atomic E-state index is 12.0. The molecule has 1 atom stereocenters. The first kappa shape index (κ1) is 19.7. The molecule has 0 saturated heterocycles. The molecular formula is C17H31NO3. The zero-order valence-corrected chi connectivity index (χ0v) is 13.8. The molecule has 0 aliphatic heterocycles. The average molecular weight is 297 g/mol. The maximum Gasteiger partial charge on any atom is 0.307 e. The Morgan fingerprint density at radius 2 is 1.67 bits per heavy atom. The molecule has 1 amide bonds. The summed E-state index contributed by atoms with van der Waals surface area (Å²) in [5.74, 6) is -1.44. The summed E-state index contributed by atoms with van der Waals surface area (Å²) in [4.78, 5) is 24.9. The van der Waals surface area contributed by atoms with E-state index in [1.165, 1.54) is 0 Å². The van der Waals surface area contributed by atoms with E-state index in [0.717, 1.165) is 32.1 Å². The highest BCUT2D eigenvalue weighted by Gasteiger charge is 2.22. The second kappa shape index (κ2) is 12.4. The lowest BCUT2D eigenvalue weighted by molar-refractivity contribution is -0.146. The van der Waals surface area contributed by atoms with Crippen LogP contribution in [0.25, 0.3) is 0 Å². The van der Waals surface area contributed by atoms with E-state index < -0.39 is 11.9 Å². The molecule has 0 spiro atoms. The number of rotatable bonds is 12. The van der Waals surface area contributed by atoms with Crippen molar-refractivity contribution in [2.45, 2.75) is 65.7 Å². The fourth-order valence-corrected chi connectivity index (χ4v) is 2.28. The lowest BCUT2D eigenvalue weighted by Crippen LogP contribution is -2.33. The van der Waals surface area contributed by atoms with Crippen molar-refractivity contribution >= 4 is 11.9 Å². The molecule has 0 aliphatic carbocycles. The van der Waals surface area contributed by atoms with Gasteiger partial charge in [0.15, 0.2) is 0 Å². The third kappa shape index (κ3) is 9.27. The van der Waals surface area contributed by atoms with Crippen molar-refractivity contribution in [1.82, 2.24) is 4.90 Å². The van der Waals surface area contributed by atoms with E-state index in [1.54, 1.807) is 4.90 Å². The van der Waals surface area contributed by atoms with E-state index in [1.807, 2.05) is 13.8 Å². The van der Waals surface area contributed by atoms with Gasteiger partial charge in [-0.25, -0.2) is 0 Å². The number of amides is 1. The number of carboxylic acids is 1. The second-order valence-corrected chi connectivity index (χ2v) is 5.35. The Morgan fingerprint density at radius 1 is 1.05 bits per heavy atom. The van der Waals surface area contributed by atoms with Gasteiger partial charge < -0.3 is 10.0 Å². The highest BCUT2D eigenvalue weighted by atomic mass is 16.4. The minimum Gasteiger partial charge on any atom is -0.481 e. The zero-order chi connectivity index (χ0) is 16.1. The van der Waals surface area contributed by atoms with Gasteiger partial charge in [-0.1, -0.05) is 31.9 Å². The van der Waals surface area contributed by atoms with Gasteiger partial charge in [0.2, 0.25) is 5.91 Å². The van der Waals surface area contributed by atoms with Crippen LogP contribution in [0.3, 0.4) is 0 Å². The van der Waals surface area contributed by atoms with Gasteiger partial charge >= 0.3 is 5.97 Å². The fraction of sp³-hybridized carbons (Fsp3) is 0.765. The summed E-state index contributed by atoms with van der Waals surface area (Å²) >= 11 is 0. The minimum absolute atomic E-state index is 0.0461. The number of allylic oxidation sites excluding steroid dienone is 2. The Bertz CT molecular complexity index is 322. The van der Waals surface area contributed by atoms with E-state index in [4.69, 9.17) is 0 Å². The first-order chi connectivity index (χ1) is 10.1. The normalized spacial score (nSPS) is 12.5. The van der Waals surface area contributed by atoms with Crippen LogP contribution in [0.4, 0.5) is 0 Å². The summed E-state index contributed by atoms with van der Waals surface area (Å²) in [6.07, 6.45) is 10.2. The van der Waals surface area contributed by atoms with Crippen LogP contribution < -0.4 is 0 Å². The molecule has 0 radical (unpaired) electrons. The molecule has 4 nitrogen and oxygen atoms in total. The van der Waals surface area contributed by atoms with Crippen LogP contribution in [0, 0.1) is 5.92 Å². The highest BCUT2D eigenvalue weighted by molar-refractivity contribution is 5.82.